The number of rotatable bonds is 1. The second kappa shape index (κ2) is 1.59. The second-order valence-corrected chi connectivity index (χ2v) is 2.63. The van der Waals surface area contributed by atoms with Crippen molar-refractivity contribution < 1.29 is 0 Å². The van der Waals surface area contributed by atoms with Gasteiger partial charge in [0.1, 0.15) is 0 Å². The van der Waals surface area contributed by atoms with Crippen molar-refractivity contribution in [1.82, 2.24) is 0 Å². The van der Waals surface area contributed by atoms with Crippen molar-refractivity contribution in [3.05, 3.63) is 11.6 Å². The molecule has 0 aromatic heterocycles. The van der Waals surface area contributed by atoms with E-state index in [-0.39, 0.29) is 5.54 Å². The molecule has 2 N–H and O–H groups in total. The Hall–Kier alpha value is -0.300. The lowest BCUT2D eigenvalue weighted by Crippen LogP contribution is -2.22. The topological polar surface area (TPSA) is 26.0 Å². The standard InChI is InChI=1S/C7H13N/c1-3-6(2)7(8)4-5-7/h3H,4-5,8H2,1-2H3/b6-3-. The Labute approximate surface area is 50.6 Å². The molecule has 1 nitrogen and oxygen atoms in total. The normalized spacial score (nSPS) is 25.6. The summed E-state index contributed by atoms with van der Waals surface area (Å²) in [5.41, 5.74) is 7.30. The van der Waals surface area contributed by atoms with Gasteiger partial charge in [0.15, 0.2) is 0 Å². The minimum absolute atomic E-state index is 0.120. The Morgan fingerprint density at radius 3 is 2.25 bits per heavy atom. The average Bonchev–Trinajstić information content (AvgIpc) is 2.47. The zero-order valence-electron chi connectivity index (χ0n) is 5.57. The Morgan fingerprint density at radius 2 is 2.12 bits per heavy atom. The molecule has 46 valence electrons. The first-order valence-corrected chi connectivity index (χ1v) is 3.11. The summed E-state index contributed by atoms with van der Waals surface area (Å²) in [6.45, 7) is 4.15. The van der Waals surface area contributed by atoms with Crippen molar-refractivity contribution in [2.45, 2.75) is 32.2 Å². The van der Waals surface area contributed by atoms with Crippen molar-refractivity contribution in [2.75, 3.05) is 0 Å². The maximum Gasteiger partial charge on any atom is 0.0367 e. The Bertz CT molecular complexity index is 120. The van der Waals surface area contributed by atoms with Crippen LogP contribution in [0.2, 0.25) is 0 Å². The molecule has 1 fully saturated rings. The highest BCUT2D eigenvalue weighted by atomic mass is 14.8. The zero-order chi connectivity index (χ0) is 6.20. The van der Waals surface area contributed by atoms with Gasteiger partial charge in [-0.15, -0.1) is 0 Å². The third-order valence-electron chi connectivity index (χ3n) is 2.01. The van der Waals surface area contributed by atoms with E-state index in [1.807, 2.05) is 6.92 Å². The number of hydrogen-bond acceptors (Lipinski definition) is 1. The molecule has 0 saturated heterocycles. The molecule has 1 saturated carbocycles. The van der Waals surface area contributed by atoms with Crippen LogP contribution in [0.5, 0.6) is 0 Å². The molecule has 0 aliphatic heterocycles. The van der Waals surface area contributed by atoms with Crippen molar-refractivity contribution in [2.24, 2.45) is 5.73 Å². The van der Waals surface area contributed by atoms with E-state index in [1.165, 1.54) is 18.4 Å². The molecule has 0 unspecified atom stereocenters. The summed E-state index contributed by atoms with van der Waals surface area (Å²) in [5, 5.41) is 0. The van der Waals surface area contributed by atoms with Crippen molar-refractivity contribution >= 4 is 0 Å². The van der Waals surface area contributed by atoms with E-state index in [2.05, 4.69) is 13.0 Å². The predicted octanol–water partition coefficient (Wildman–Crippen LogP) is 1.44. The molecular weight excluding hydrogens is 98.1 g/mol. The van der Waals surface area contributed by atoms with Gasteiger partial charge in [0.05, 0.1) is 0 Å². The number of nitrogens with two attached hydrogens (primary N) is 1. The van der Waals surface area contributed by atoms with E-state index in [1.54, 1.807) is 0 Å². The molecule has 1 rings (SSSR count). The van der Waals surface area contributed by atoms with E-state index in [9.17, 15) is 0 Å². The van der Waals surface area contributed by atoms with Crippen LogP contribution in [0, 0.1) is 0 Å². The van der Waals surface area contributed by atoms with E-state index in [0.717, 1.165) is 0 Å². The lowest BCUT2D eigenvalue weighted by Gasteiger charge is -2.06. The first-order chi connectivity index (χ1) is 3.69. The Balaban J connectivity index is 2.59. The molecule has 0 amide bonds. The van der Waals surface area contributed by atoms with Gasteiger partial charge in [0, 0.05) is 5.54 Å². The Morgan fingerprint density at radius 1 is 1.62 bits per heavy atom. The summed E-state index contributed by atoms with van der Waals surface area (Å²) in [5.74, 6) is 0. The van der Waals surface area contributed by atoms with Crippen LogP contribution in [0.1, 0.15) is 26.7 Å². The first-order valence-electron chi connectivity index (χ1n) is 3.11. The smallest absolute Gasteiger partial charge is 0.0367 e. The number of allylic oxidation sites excluding steroid dienone is 1. The summed E-state index contributed by atoms with van der Waals surface area (Å²) >= 11 is 0. The molecule has 8 heavy (non-hydrogen) atoms. The highest BCUT2D eigenvalue weighted by Crippen LogP contribution is 2.38. The van der Waals surface area contributed by atoms with Crippen molar-refractivity contribution in [1.29, 1.82) is 0 Å². The van der Waals surface area contributed by atoms with Crippen LogP contribution in [0.3, 0.4) is 0 Å². The van der Waals surface area contributed by atoms with Crippen LogP contribution in [0.25, 0.3) is 0 Å². The fourth-order valence-electron chi connectivity index (χ4n) is 0.816. The molecule has 0 heterocycles. The fourth-order valence-corrected chi connectivity index (χ4v) is 0.816. The van der Waals surface area contributed by atoms with Crippen LogP contribution < -0.4 is 5.73 Å². The molecule has 0 aromatic carbocycles. The Kier molecular flexibility index (Phi) is 1.16. The second-order valence-electron chi connectivity index (χ2n) is 2.63. The van der Waals surface area contributed by atoms with Crippen LogP contribution in [0.15, 0.2) is 11.6 Å². The van der Waals surface area contributed by atoms with Crippen LogP contribution in [-0.2, 0) is 0 Å². The predicted molar refractivity (Wildman–Crippen MR) is 35.6 cm³/mol. The molecule has 1 aliphatic carbocycles. The molecule has 1 heteroatoms. The summed E-state index contributed by atoms with van der Waals surface area (Å²) in [6.07, 6.45) is 4.47. The highest BCUT2D eigenvalue weighted by Gasteiger charge is 2.39. The van der Waals surface area contributed by atoms with Gasteiger partial charge in [0.2, 0.25) is 0 Å². The lowest BCUT2D eigenvalue weighted by atomic mass is 10.1. The first kappa shape index (κ1) is 5.83. The maximum atomic E-state index is 5.83. The van der Waals surface area contributed by atoms with E-state index in [0.29, 0.717) is 0 Å². The van der Waals surface area contributed by atoms with E-state index >= 15 is 0 Å². The third kappa shape index (κ3) is 0.781. The summed E-state index contributed by atoms with van der Waals surface area (Å²) in [6, 6.07) is 0. The molecule has 1 aliphatic rings. The van der Waals surface area contributed by atoms with Crippen LogP contribution in [-0.4, -0.2) is 5.54 Å². The summed E-state index contributed by atoms with van der Waals surface area (Å²) in [7, 11) is 0. The third-order valence-corrected chi connectivity index (χ3v) is 2.01. The molecule has 0 radical (unpaired) electrons. The van der Waals surface area contributed by atoms with Gasteiger partial charge in [-0.2, -0.15) is 0 Å². The maximum absolute atomic E-state index is 5.83. The van der Waals surface area contributed by atoms with Gasteiger partial charge in [-0.05, 0) is 26.7 Å². The van der Waals surface area contributed by atoms with Gasteiger partial charge in [-0.1, -0.05) is 11.6 Å². The van der Waals surface area contributed by atoms with Gasteiger partial charge in [-0.3, -0.25) is 0 Å². The summed E-state index contributed by atoms with van der Waals surface area (Å²) in [4.78, 5) is 0. The van der Waals surface area contributed by atoms with Gasteiger partial charge in [0.25, 0.3) is 0 Å². The van der Waals surface area contributed by atoms with Gasteiger partial charge >= 0.3 is 0 Å². The molecular formula is C7H13N. The molecule has 0 spiro atoms. The zero-order valence-corrected chi connectivity index (χ0v) is 5.57. The largest absolute Gasteiger partial charge is 0.322 e. The minimum Gasteiger partial charge on any atom is -0.322 e. The van der Waals surface area contributed by atoms with E-state index in [4.69, 9.17) is 5.73 Å². The minimum atomic E-state index is 0.120. The lowest BCUT2D eigenvalue weighted by molar-refractivity contribution is 0.791. The monoisotopic (exact) mass is 111 g/mol. The molecule has 0 bridgehead atoms. The van der Waals surface area contributed by atoms with E-state index < -0.39 is 0 Å². The average molecular weight is 111 g/mol. The van der Waals surface area contributed by atoms with Crippen molar-refractivity contribution in [3.8, 4) is 0 Å². The molecule has 0 atom stereocenters. The summed E-state index contributed by atoms with van der Waals surface area (Å²) < 4.78 is 0. The quantitative estimate of drug-likeness (QED) is 0.509. The van der Waals surface area contributed by atoms with Gasteiger partial charge < -0.3 is 5.73 Å². The fraction of sp³-hybridized carbons (Fsp3) is 0.714. The highest BCUT2D eigenvalue weighted by molar-refractivity contribution is 5.24. The SMILES string of the molecule is C/C=C(/C)C1(N)CC1. The van der Waals surface area contributed by atoms with Crippen LogP contribution in [0.4, 0.5) is 0 Å². The number of hydrogen-bond donors (Lipinski definition) is 1. The molecule has 0 aromatic rings. The van der Waals surface area contributed by atoms with Crippen LogP contribution >= 0.6 is 0 Å². The van der Waals surface area contributed by atoms with Gasteiger partial charge in [-0.25, -0.2) is 0 Å². The van der Waals surface area contributed by atoms with Crippen molar-refractivity contribution in [3.63, 3.8) is 0 Å².